The molecule has 0 bridgehead atoms. The maximum Gasteiger partial charge on any atom is 0.166 e. The van der Waals surface area contributed by atoms with Crippen molar-refractivity contribution in [1.29, 1.82) is 0 Å². The quantitative estimate of drug-likeness (QED) is 0.876. The molecule has 19 heavy (non-hydrogen) atoms. The highest BCUT2D eigenvalue weighted by Gasteiger charge is 2.11. The van der Waals surface area contributed by atoms with Crippen LogP contribution in [0.3, 0.4) is 0 Å². The van der Waals surface area contributed by atoms with E-state index in [1.165, 1.54) is 6.07 Å². The van der Waals surface area contributed by atoms with Gasteiger partial charge in [-0.1, -0.05) is 36.7 Å². The average Bonchev–Trinajstić information content (AvgIpc) is 2.41. The first kappa shape index (κ1) is 14.0. The Hall–Kier alpha value is -1.45. The molecule has 100 valence electrons. The Labute approximate surface area is 116 Å². The molecule has 0 saturated heterocycles. The average molecular weight is 282 g/mol. The summed E-state index contributed by atoms with van der Waals surface area (Å²) in [5.41, 5.74) is 1.73. The molecule has 1 nitrogen and oxygen atoms in total. The third-order valence-electron chi connectivity index (χ3n) is 2.87. The van der Waals surface area contributed by atoms with Gasteiger partial charge in [-0.25, -0.2) is 8.78 Å². The minimum Gasteiger partial charge on any atom is -0.313 e. The van der Waals surface area contributed by atoms with Gasteiger partial charge in [0.05, 0.1) is 0 Å². The number of nitrogens with one attached hydrogen (secondary N) is 1. The van der Waals surface area contributed by atoms with Crippen molar-refractivity contribution in [3.63, 3.8) is 0 Å². The van der Waals surface area contributed by atoms with E-state index in [-0.39, 0.29) is 5.56 Å². The molecule has 1 N–H and O–H groups in total. The Morgan fingerprint density at radius 3 is 2.68 bits per heavy atom. The highest BCUT2D eigenvalue weighted by molar-refractivity contribution is 6.31. The van der Waals surface area contributed by atoms with Crippen LogP contribution in [-0.4, -0.2) is 6.54 Å². The molecule has 4 heteroatoms. The smallest absolute Gasteiger partial charge is 0.166 e. The highest BCUT2D eigenvalue weighted by Crippen LogP contribution is 2.28. The SMILES string of the molecule is CCNCc1cc(-c2cccc(F)c2F)ccc1Cl. The van der Waals surface area contributed by atoms with E-state index in [4.69, 9.17) is 11.6 Å². The molecule has 2 aromatic rings. The summed E-state index contributed by atoms with van der Waals surface area (Å²) in [5.74, 6) is -1.68. The second-order valence-electron chi connectivity index (χ2n) is 4.19. The van der Waals surface area contributed by atoms with Crippen molar-refractivity contribution in [3.05, 3.63) is 58.6 Å². The molecular formula is C15H14ClF2N. The standard InChI is InChI=1S/C15H14ClF2N/c1-2-19-9-11-8-10(6-7-13(11)16)12-4-3-5-14(17)15(12)18/h3-8,19H,2,9H2,1H3. The van der Waals surface area contributed by atoms with Gasteiger partial charge in [0.1, 0.15) is 0 Å². The molecule has 0 aliphatic carbocycles. The topological polar surface area (TPSA) is 12.0 Å². The van der Waals surface area contributed by atoms with E-state index in [0.29, 0.717) is 17.1 Å². The summed E-state index contributed by atoms with van der Waals surface area (Å²) in [7, 11) is 0. The summed E-state index contributed by atoms with van der Waals surface area (Å²) in [4.78, 5) is 0. The molecule has 2 aromatic carbocycles. The third kappa shape index (κ3) is 3.11. The molecule has 0 unspecified atom stereocenters. The van der Waals surface area contributed by atoms with Crippen LogP contribution in [0.2, 0.25) is 5.02 Å². The van der Waals surface area contributed by atoms with E-state index in [1.54, 1.807) is 24.3 Å². The lowest BCUT2D eigenvalue weighted by Gasteiger charge is -2.09. The van der Waals surface area contributed by atoms with Crippen molar-refractivity contribution in [2.24, 2.45) is 0 Å². The van der Waals surface area contributed by atoms with Gasteiger partial charge in [0.25, 0.3) is 0 Å². The molecule has 0 aliphatic rings. The van der Waals surface area contributed by atoms with E-state index in [0.717, 1.165) is 18.2 Å². The monoisotopic (exact) mass is 281 g/mol. The lowest BCUT2D eigenvalue weighted by atomic mass is 10.0. The lowest BCUT2D eigenvalue weighted by molar-refractivity contribution is 0.511. The Kier molecular flexibility index (Phi) is 4.51. The van der Waals surface area contributed by atoms with Crippen molar-refractivity contribution in [1.82, 2.24) is 5.32 Å². The highest BCUT2D eigenvalue weighted by atomic mass is 35.5. The number of hydrogen-bond acceptors (Lipinski definition) is 1. The number of hydrogen-bond donors (Lipinski definition) is 1. The van der Waals surface area contributed by atoms with Crippen LogP contribution < -0.4 is 5.32 Å². The van der Waals surface area contributed by atoms with E-state index >= 15 is 0 Å². The van der Waals surface area contributed by atoms with Gasteiger partial charge in [-0.2, -0.15) is 0 Å². The van der Waals surface area contributed by atoms with Gasteiger partial charge in [-0.3, -0.25) is 0 Å². The van der Waals surface area contributed by atoms with E-state index in [2.05, 4.69) is 5.32 Å². The minimum atomic E-state index is -0.847. The molecule has 2 rings (SSSR count). The summed E-state index contributed by atoms with van der Waals surface area (Å²) in [6.07, 6.45) is 0. The van der Waals surface area contributed by atoms with E-state index in [1.807, 2.05) is 6.92 Å². The predicted octanol–water partition coefficient (Wildman–Crippen LogP) is 4.39. The fourth-order valence-corrected chi connectivity index (χ4v) is 2.05. The summed E-state index contributed by atoms with van der Waals surface area (Å²) in [6.45, 7) is 3.40. The molecule has 0 saturated carbocycles. The van der Waals surface area contributed by atoms with Crippen LogP contribution in [0.4, 0.5) is 8.78 Å². The van der Waals surface area contributed by atoms with Crippen LogP contribution in [0.15, 0.2) is 36.4 Å². The van der Waals surface area contributed by atoms with Crippen LogP contribution in [0, 0.1) is 11.6 Å². The first-order valence-electron chi connectivity index (χ1n) is 6.07. The van der Waals surface area contributed by atoms with Gasteiger partial charge >= 0.3 is 0 Å². The van der Waals surface area contributed by atoms with Crippen LogP contribution in [-0.2, 0) is 6.54 Å². The number of rotatable bonds is 4. The Morgan fingerprint density at radius 1 is 1.16 bits per heavy atom. The van der Waals surface area contributed by atoms with Crippen molar-refractivity contribution >= 4 is 11.6 Å². The first-order valence-corrected chi connectivity index (χ1v) is 6.44. The number of benzene rings is 2. The summed E-state index contributed by atoms with van der Waals surface area (Å²) in [6, 6.07) is 9.33. The van der Waals surface area contributed by atoms with Gasteiger partial charge in [0, 0.05) is 17.1 Å². The minimum absolute atomic E-state index is 0.245. The molecule has 0 fully saturated rings. The summed E-state index contributed by atoms with van der Waals surface area (Å²) in [5, 5.41) is 3.77. The second kappa shape index (κ2) is 6.13. The first-order chi connectivity index (χ1) is 9.13. The zero-order chi connectivity index (χ0) is 13.8. The fourth-order valence-electron chi connectivity index (χ4n) is 1.86. The Balaban J connectivity index is 2.42. The maximum atomic E-state index is 13.7. The van der Waals surface area contributed by atoms with Crippen LogP contribution in [0.1, 0.15) is 12.5 Å². The zero-order valence-corrected chi connectivity index (χ0v) is 11.3. The Bertz CT molecular complexity index is 584. The molecule has 0 atom stereocenters. The molecule has 0 amide bonds. The van der Waals surface area contributed by atoms with Gasteiger partial charge in [-0.05, 0) is 35.9 Å². The maximum absolute atomic E-state index is 13.7. The number of halogens is 3. The van der Waals surface area contributed by atoms with Crippen LogP contribution >= 0.6 is 11.6 Å². The normalized spacial score (nSPS) is 10.7. The van der Waals surface area contributed by atoms with Crippen LogP contribution in [0.25, 0.3) is 11.1 Å². The van der Waals surface area contributed by atoms with E-state index < -0.39 is 11.6 Å². The predicted molar refractivity (Wildman–Crippen MR) is 74.2 cm³/mol. The Morgan fingerprint density at radius 2 is 1.95 bits per heavy atom. The van der Waals surface area contributed by atoms with Crippen molar-refractivity contribution in [2.75, 3.05) is 6.54 Å². The van der Waals surface area contributed by atoms with Gasteiger partial charge in [0.2, 0.25) is 0 Å². The van der Waals surface area contributed by atoms with Gasteiger partial charge in [-0.15, -0.1) is 0 Å². The largest absolute Gasteiger partial charge is 0.313 e. The van der Waals surface area contributed by atoms with Crippen molar-refractivity contribution < 1.29 is 8.78 Å². The zero-order valence-electron chi connectivity index (χ0n) is 10.5. The second-order valence-corrected chi connectivity index (χ2v) is 4.60. The summed E-state index contributed by atoms with van der Waals surface area (Å²) >= 11 is 6.08. The van der Waals surface area contributed by atoms with Crippen LogP contribution in [0.5, 0.6) is 0 Å². The molecule has 0 spiro atoms. The molecular weight excluding hydrogens is 268 g/mol. The fraction of sp³-hybridized carbons (Fsp3) is 0.200. The third-order valence-corrected chi connectivity index (χ3v) is 3.24. The lowest BCUT2D eigenvalue weighted by Crippen LogP contribution is -2.12. The van der Waals surface area contributed by atoms with Crippen molar-refractivity contribution in [2.45, 2.75) is 13.5 Å². The molecule has 0 heterocycles. The van der Waals surface area contributed by atoms with Gasteiger partial charge < -0.3 is 5.32 Å². The molecule has 0 aliphatic heterocycles. The molecule has 0 radical (unpaired) electrons. The van der Waals surface area contributed by atoms with Gasteiger partial charge in [0.15, 0.2) is 11.6 Å². The van der Waals surface area contributed by atoms with Crippen molar-refractivity contribution in [3.8, 4) is 11.1 Å². The molecule has 0 aromatic heterocycles. The van der Waals surface area contributed by atoms with E-state index in [9.17, 15) is 8.78 Å². The summed E-state index contributed by atoms with van der Waals surface area (Å²) < 4.78 is 27.0.